The zero-order chi connectivity index (χ0) is 36.1. The number of methoxy groups -OCH3 is 2. The zero-order valence-electron chi connectivity index (χ0n) is 29.4. The van der Waals surface area contributed by atoms with Gasteiger partial charge in [0.2, 0.25) is 17.5 Å². The van der Waals surface area contributed by atoms with Crippen LogP contribution in [0.3, 0.4) is 0 Å². The van der Waals surface area contributed by atoms with Crippen LogP contribution in [0, 0.1) is 18.3 Å². The number of hydrogen-bond donors (Lipinski definition) is 3. The number of piperazine rings is 1. The van der Waals surface area contributed by atoms with E-state index in [1.807, 2.05) is 24.9 Å². The van der Waals surface area contributed by atoms with Crippen molar-refractivity contribution >= 4 is 23.6 Å². The lowest BCUT2D eigenvalue weighted by atomic mass is 9.70. The van der Waals surface area contributed by atoms with Gasteiger partial charge in [0.1, 0.15) is 23.4 Å². The summed E-state index contributed by atoms with van der Waals surface area (Å²) in [5.74, 6) is -1.42. The third-order valence-electron chi connectivity index (χ3n) is 9.78. The maximum absolute atomic E-state index is 13.7. The summed E-state index contributed by atoms with van der Waals surface area (Å²) in [7, 11) is 5.02. The quantitative estimate of drug-likeness (QED) is 0.208. The normalized spacial score (nSPS) is 25.8. The highest BCUT2D eigenvalue weighted by Gasteiger charge is 2.57. The summed E-state index contributed by atoms with van der Waals surface area (Å²) in [6, 6.07) is 0.496. The number of fused-ring (bicyclic) bond motifs is 6. The first kappa shape index (κ1) is 35.8. The molecule has 1 aromatic rings. The Morgan fingerprint density at radius 3 is 2.43 bits per heavy atom. The van der Waals surface area contributed by atoms with Crippen molar-refractivity contribution in [1.29, 1.82) is 5.26 Å². The van der Waals surface area contributed by atoms with Gasteiger partial charge in [-0.15, -0.1) is 0 Å². The number of carbonyl (C=O) groups excluding carboxylic acids is 4. The smallest absolute Gasteiger partial charge is 0.408 e. The largest absolute Gasteiger partial charge is 0.507 e. The highest BCUT2D eigenvalue weighted by Crippen LogP contribution is 2.54. The van der Waals surface area contributed by atoms with Crippen molar-refractivity contribution in [2.75, 3.05) is 34.6 Å². The summed E-state index contributed by atoms with van der Waals surface area (Å²) in [6.45, 7) is 9.71. The second-order valence-electron chi connectivity index (χ2n) is 14.0. The Labute approximate surface area is 286 Å². The molecule has 3 heterocycles. The lowest BCUT2D eigenvalue weighted by Gasteiger charge is -2.60. The number of nitrogens with zero attached hydrogens (tertiary/aromatic N) is 3. The van der Waals surface area contributed by atoms with Gasteiger partial charge in [0, 0.05) is 48.0 Å². The van der Waals surface area contributed by atoms with Crippen molar-refractivity contribution in [3.05, 3.63) is 45.2 Å². The summed E-state index contributed by atoms with van der Waals surface area (Å²) >= 11 is 0. The molecule has 1 saturated heterocycles. The van der Waals surface area contributed by atoms with Gasteiger partial charge in [-0.1, -0.05) is 6.07 Å². The van der Waals surface area contributed by atoms with Crippen LogP contribution in [-0.4, -0.2) is 109 Å². The summed E-state index contributed by atoms with van der Waals surface area (Å²) in [5, 5.41) is 27.4. The summed E-state index contributed by atoms with van der Waals surface area (Å²) in [6.07, 6.45) is -0.168. The van der Waals surface area contributed by atoms with E-state index in [9.17, 15) is 29.5 Å². The molecule has 0 saturated carbocycles. The molecule has 0 radical (unpaired) electrons. The molecule has 264 valence electrons. The first-order chi connectivity index (χ1) is 23.1. The number of hydrogen-bond acceptors (Lipinski definition) is 12. The standard InChI is InChI=1S/C35H45N5O9/c1-16-10-19-11-21-23(13-36)40-22(27(39(21)7)25(19)32(31(16)47-9)48-15-46-8)12-20-26(30(43)29(42)17(2)28(20)41)24(40)14-37-33(44)18(3)38-34(45)49-35(4,5)6/h10,18,21-24,27,41H,11-12,14-15H2,1-9H3,(H,37,44)(H,38,45)/t18-,21+,22?,23-,24-,27-/m0/s1. The lowest BCUT2D eigenvalue weighted by Crippen LogP contribution is -2.71. The number of ether oxygens (including phenoxy) is 4. The van der Waals surface area contributed by atoms with Gasteiger partial charge in [0.05, 0.1) is 25.3 Å². The Morgan fingerprint density at radius 2 is 1.82 bits per heavy atom. The van der Waals surface area contributed by atoms with E-state index in [1.54, 1.807) is 27.9 Å². The Balaban J connectivity index is 1.61. The first-order valence-corrected chi connectivity index (χ1v) is 16.3. The average Bonchev–Trinajstić information content (AvgIpc) is 3.03. The minimum Gasteiger partial charge on any atom is -0.507 e. The molecule has 1 unspecified atom stereocenters. The van der Waals surface area contributed by atoms with Gasteiger partial charge in [-0.2, -0.15) is 5.26 Å². The number of likely N-dealkylation sites (N-methyl/N-ethyl adjacent to an activating group) is 1. The lowest BCUT2D eigenvalue weighted by molar-refractivity contribution is -0.134. The van der Waals surface area contributed by atoms with E-state index in [0.29, 0.717) is 23.5 Å². The fourth-order valence-corrected chi connectivity index (χ4v) is 7.72. The van der Waals surface area contributed by atoms with Gasteiger partial charge >= 0.3 is 6.09 Å². The van der Waals surface area contributed by atoms with Gasteiger partial charge < -0.3 is 34.7 Å². The van der Waals surface area contributed by atoms with Gasteiger partial charge in [0.25, 0.3) is 0 Å². The molecule has 1 aliphatic carbocycles. The monoisotopic (exact) mass is 679 g/mol. The van der Waals surface area contributed by atoms with Gasteiger partial charge in [-0.25, -0.2) is 4.79 Å². The number of amides is 2. The Kier molecular flexibility index (Phi) is 9.84. The highest BCUT2D eigenvalue weighted by atomic mass is 16.7. The number of nitriles is 1. The molecule has 0 spiro atoms. The van der Waals surface area contributed by atoms with Crippen molar-refractivity contribution in [2.45, 2.75) is 96.2 Å². The van der Waals surface area contributed by atoms with Crippen molar-refractivity contribution in [3.8, 4) is 17.6 Å². The maximum Gasteiger partial charge on any atom is 0.408 e. The predicted molar refractivity (Wildman–Crippen MR) is 176 cm³/mol. The predicted octanol–water partition coefficient (Wildman–Crippen LogP) is 2.54. The van der Waals surface area contributed by atoms with Crippen LogP contribution in [0.5, 0.6) is 11.5 Å². The van der Waals surface area contributed by atoms with Crippen molar-refractivity contribution in [3.63, 3.8) is 0 Å². The minimum atomic E-state index is -1.01. The second kappa shape index (κ2) is 13.5. The zero-order valence-corrected chi connectivity index (χ0v) is 29.4. The molecule has 6 atom stereocenters. The molecule has 5 rings (SSSR count). The Hall–Kier alpha value is -4.45. The summed E-state index contributed by atoms with van der Waals surface area (Å²) < 4.78 is 22.5. The van der Waals surface area contributed by atoms with E-state index in [2.05, 4.69) is 21.6 Å². The molecule has 2 amide bonds. The minimum absolute atomic E-state index is 0.0415. The van der Waals surface area contributed by atoms with Gasteiger partial charge in [0.15, 0.2) is 18.3 Å². The average molecular weight is 680 g/mol. The Bertz CT molecular complexity index is 1690. The molecule has 4 aliphatic rings. The first-order valence-electron chi connectivity index (χ1n) is 16.3. The molecule has 1 aromatic carbocycles. The molecule has 49 heavy (non-hydrogen) atoms. The SMILES string of the molecule is COCOc1c(OC)c(C)cc2c1[C@@H]1C3CC4=C(C(=O)C(=O)C(C)=C4O)[C@H](CNC(=O)[C@H](C)NC(=O)OC(C)(C)C)N3[C@@H](C#N)[C@@H](C2)N1C. The van der Waals surface area contributed by atoms with Crippen LogP contribution >= 0.6 is 0 Å². The fourth-order valence-electron chi connectivity index (χ4n) is 7.72. The van der Waals surface area contributed by atoms with E-state index in [1.165, 1.54) is 21.0 Å². The molecule has 14 nitrogen and oxygen atoms in total. The van der Waals surface area contributed by atoms with Crippen LogP contribution in [0.1, 0.15) is 63.8 Å². The molecule has 1 fully saturated rings. The fraction of sp³-hybridized carbons (Fsp3) is 0.571. The van der Waals surface area contributed by atoms with E-state index in [0.717, 1.165) is 16.7 Å². The van der Waals surface area contributed by atoms with E-state index >= 15 is 0 Å². The van der Waals surface area contributed by atoms with Crippen molar-refractivity contribution < 1.29 is 43.2 Å². The number of rotatable bonds is 8. The number of aliphatic hydroxyl groups is 1. The summed E-state index contributed by atoms with van der Waals surface area (Å²) in [4.78, 5) is 56.6. The van der Waals surface area contributed by atoms with Gasteiger partial charge in [-0.3, -0.25) is 24.2 Å². The summed E-state index contributed by atoms with van der Waals surface area (Å²) in [5.41, 5.74) is 2.20. The Morgan fingerprint density at radius 1 is 1.12 bits per heavy atom. The number of aryl methyl sites for hydroxylation is 1. The number of benzene rings is 1. The van der Waals surface area contributed by atoms with Crippen LogP contribution in [0.25, 0.3) is 0 Å². The third kappa shape index (κ3) is 6.26. The van der Waals surface area contributed by atoms with E-state index in [-0.39, 0.29) is 42.7 Å². The highest BCUT2D eigenvalue weighted by molar-refractivity contribution is 6.50. The van der Waals surface area contributed by atoms with E-state index in [4.69, 9.17) is 18.9 Å². The van der Waals surface area contributed by atoms with E-state index < -0.39 is 59.4 Å². The number of nitrogens with one attached hydrogen (secondary N) is 2. The topological polar surface area (TPSA) is 180 Å². The van der Waals surface area contributed by atoms with Crippen LogP contribution < -0.4 is 20.1 Å². The number of Topliss-reactive ketones (excluding diaryl/α,β-unsaturated/α-hetero) is 2. The number of alkyl carbamates (subject to hydrolysis) is 1. The van der Waals surface area contributed by atoms with Gasteiger partial charge in [-0.05, 0) is 72.6 Å². The van der Waals surface area contributed by atoms with Crippen LogP contribution in [0.2, 0.25) is 0 Å². The molecular formula is C35H45N5O9. The maximum atomic E-state index is 13.7. The van der Waals surface area contributed by atoms with Crippen LogP contribution in [-0.2, 0) is 30.3 Å². The van der Waals surface area contributed by atoms with Crippen molar-refractivity contribution in [2.24, 2.45) is 0 Å². The molecule has 14 heteroatoms. The number of allylic oxidation sites excluding steroid dienone is 2. The number of ketones is 2. The number of aliphatic hydroxyl groups excluding tert-OH is 1. The third-order valence-corrected chi connectivity index (χ3v) is 9.78. The van der Waals surface area contributed by atoms with Crippen molar-refractivity contribution in [1.82, 2.24) is 20.4 Å². The second-order valence-corrected chi connectivity index (χ2v) is 14.0. The molecular weight excluding hydrogens is 634 g/mol. The molecule has 3 aliphatic heterocycles. The van der Waals surface area contributed by atoms with Crippen LogP contribution in [0.4, 0.5) is 4.79 Å². The number of carbonyl (C=O) groups is 4. The molecule has 0 aromatic heterocycles. The molecule has 2 bridgehead atoms. The molecule has 3 N–H and O–H groups in total. The van der Waals surface area contributed by atoms with Crippen LogP contribution in [0.15, 0.2) is 28.5 Å².